The Kier molecular flexibility index (Phi) is 9.78. The quantitative estimate of drug-likeness (QED) is 0.293. The standard InChI is InChI=1S/C21H29N7O2/c1-3-9-24-19-17(20(30)25-11-5-10-23-18(29)4-2)15-27-21(28-19)26-14-8-16-6-12-22-13-7-16/h4,6-7,12-13,15H,2-3,5,8-11,14H2,1H3,(H,23,29)(H,25,30)(H2,24,26,27,28). The van der Waals surface area contributed by atoms with E-state index in [-0.39, 0.29) is 11.8 Å². The highest BCUT2D eigenvalue weighted by atomic mass is 16.2. The highest BCUT2D eigenvalue weighted by Gasteiger charge is 2.14. The molecule has 9 nitrogen and oxygen atoms in total. The van der Waals surface area contributed by atoms with E-state index in [9.17, 15) is 9.59 Å². The Balaban J connectivity index is 1.90. The van der Waals surface area contributed by atoms with Crippen molar-refractivity contribution in [3.63, 3.8) is 0 Å². The van der Waals surface area contributed by atoms with E-state index in [0.29, 0.717) is 49.9 Å². The summed E-state index contributed by atoms with van der Waals surface area (Å²) in [6.45, 7) is 7.68. The Morgan fingerprint density at radius 1 is 1.07 bits per heavy atom. The van der Waals surface area contributed by atoms with Crippen LogP contribution in [0.5, 0.6) is 0 Å². The van der Waals surface area contributed by atoms with Gasteiger partial charge in [0.25, 0.3) is 5.91 Å². The fraction of sp³-hybridized carbons (Fsp3) is 0.381. The zero-order valence-corrected chi connectivity index (χ0v) is 17.3. The third kappa shape index (κ3) is 7.86. The van der Waals surface area contributed by atoms with Crippen LogP contribution >= 0.6 is 0 Å². The van der Waals surface area contributed by atoms with Gasteiger partial charge in [-0.2, -0.15) is 4.98 Å². The van der Waals surface area contributed by atoms with Gasteiger partial charge in [-0.1, -0.05) is 13.5 Å². The molecule has 2 aromatic rings. The van der Waals surface area contributed by atoms with Crippen LogP contribution in [0.15, 0.2) is 43.4 Å². The van der Waals surface area contributed by atoms with Crippen LogP contribution in [0.1, 0.15) is 35.7 Å². The number of hydrogen-bond donors (Lipinski definition) is 4. The maximum Gasteiger partial charge on any atom is 0.256 e. The lowest BCUT2D eigenvalue weighted by Gasteiger charge is -2.13. The summed E-state index contributed by atoms with van der Waals surface area (Å²) in [6.07, 6.45) is 8.59. The minimum absolute atomic E-state index is 0.229. The number of amides is 2. The molecular formula is C21H29N7O2. The molecule has 2 rings (SSSR count). The molecular weight excluding hydrogens is 382 g/mol. The van der Waals surface area contributed by atoms with Gasteiger partial charge in [0.1, 0.15) is 11.4 Å². The number of nitrogens with one attached hydrogen (secondary N) is 4. The molecule has 0 fully saturated rings. The van der Waals surface area contributed by atoms with Crippen molar-refractivity contribution in [2.45, 2.75) is 26.2 Å². The molecule has 0 spiro atoms. The van der Waals surface area contributed by atoms with E-state index in [0.717, 1.165) is 12.8 Å². The van der Waals surface area contributed by atoms with Crippen LogP contribution in [0, 0.1) is 0 Å². The predicted octanol–water partition coefficient (Wildman–Crippen LogP) is 1.77. The molecule has 2 amide bonds. The minimum atomic E-state index is -0.257. The smallest absolute Gasteiger partial charge is 0.256 e. The molecule has 0 aliphatic rings. The van der Waals surface area contributed by atoms with Crippen LogP contribution in [0.3, 0.4) is 0 Å². The lowest BCUT2D eigenvalue weighted by Crippen LogP contribution is -2.30. The highest BCUT2D eigenvalue weighted by Crippen LogP contribution is 2.14. The van der Waals surface area contributed by atoms with Crippen molar-refractivity contribution < 1.29 is 9.59 Å². The zero-order valence-electron chi connectivity index (χ0n) is 17.3. The lowest BCUT2D eigenvalue weighted by molar-refractivity contribution is -0.116. The fourth-order valence-corrected chi connectivity index (χ4v) is 2.55. The summed E-state index contributed by atoms with van der Waals surface area (Å²) in [5, 5.41) is 11.9. The molecule has 2 heterocycles. The minimum Gasteiger partial charge on any atom is -0.369 e. The molecule has 0 saturated carbocycles. The number of pyridine rings is 1. The van der Waals surface area contributed by atoms with Gasteiger partial charge < -0.3 is 21.3 Å². The van der Waals surface area contributed by atoms with Crippen LogP contribution in [0.4, 0.5) is 11.8 Å². The van der Waals surface area contributed by atoms with E-state index in [1.165, 1.54) is 17.8 Å². The average Bonchev–Trinajstić information content (AvgIpc) is 2.78. The molecule has 0 atom stereocenters. The number of aromatic nitrogens is 3. The average molecular weight is 412 g/mol. The van der Waals surface area contributed by atoms with Crippen LogP contribution < -0.4 is 21.3 Å². The predicted molar refractivity (Wildman–Crippen MR) is 117 cm³/mol. The van der Waals surface area contributed by atoms with Crippen molar-refractivity contribution in [3.8, 4) is 0 Å². The van der Waals surface area contributed by atoms with Crippen molar-refractivity contribution in [1.29, 1.82) is 0 Å². The molecule has 30 heavy (non-hydrogen) atoms. The van der Waals surface area contributed by atoms with Crippen LogP contribution in [0.2, 0.25) is 0 Å². The van der Waals surface area contributed by atoms with Crippen molar-refractivity contribution >= 4 is 23.6 Å². The van der Waals surface area contributed by atoms with E-state index in [2.05, 4.69) is 42.8 Å². The van der Waals surface area contributed by atoms with Gasteiger partial charge in [-0.3, -0.25) is 14.6 Å². The molecule has 0 aliphatic heterocycles. The van der Waals surface area contributed by atoms with E-state index in [1.807, 2.05) is 19.1 Å². The number of carbonyl (C=O) groups is 2. The van der Waals surface area contributed by atoms with Crippen LogP contribution in [-0.2, 0) is 11.2 Å². The topological polar surface area (TPSA) is 121 Å². The van der Waals surface area contributed by atoms with Gasteiger partial charge in [-0.05, 0) is 43.0 Å². The summed E-state index contributed by atoms with van der Waals surface area (Å²) in [6, 6.07) is 3.93. The third-order valence-corrected chi connectivity index (χ3v) is 4.15. The van der Waals surface area contributed by atoms with E-state index >= 15 is 0 Å². The third-order valence-electron chi connectivity index (χ3n) is 4.15. The number of carbonyl (C=O) groups excluding carboxylic acids is 2. The Hall–Kier alpha value is -3.49. The Bertz CT molecular complexity index is 827. The molecule has 9 heteroatoms. The second-order valence-electron chi connectivity index (χ2n) is 6.52. The molecule has 0 unspecified atom stereocenters. The first-order chi connectivity index (χ1) is 14.6. The summed E-state index contributed by atoms with van der Waals surface area (Å²) >= 11 is 0. The lowest BCUT2D eigenvalue weighted by atomic mass is 10.2. The molecule has 0 aromatic carbocycles. The largest absolute Gasteiger partial charge is 0.369 e. The Morgan fingerprint density at radius 3 is 2.57 bits per heavy atom. The van der Waals surface area contributed by atoms with E-state index in [4.69, 9.17) is 0 Å². The number of nitrogens with zero attached hydrogens (tertiary/aromatic N) is 3. The van der Waals surface area contributed by atoms with Gasteiger partial charge >= 0.3 is 0 Å². The first-order valence-corrected chi connectivity index (χ1v) is 10.1. The summed E-state index contributed by atoms with van der Waals surface area (Å²) in [5.41, 5.74) is 1.56. The normalized spacial score (nSPS) is 10.2. The zero-order chi connectivity index (χ0) is 21.6. The first kappa shape index (κ1) is 22.8. The molecule has 0 aliphatic carbocycles. The van der Waals surface area contributed by atoms with Crippen molar-refractivity contribution in [1.82, 2.24) is 25.6 Å². The van der Waals surface area contributed by atoms with Crippen LogP contribution in [0.25, 0.3) is 0 Å². The second-order valence-corrected chi connectivity index (χ2v) is 6.52. The molecule has 0 saturated heterocycles. The van der Waals surface area contributed by atoms with Crippen molar-refractivity contribution in [3.05, 3.63) is 54.5 Å². The molecule has 0 radical (unpaired) electrons. The maximum absolute atomic E-state index is 12.5. The van der Waals surface area contributed by atoms with Crippen molar-refractivity contribution in [2.75, 3.05) is 36.8 Å². The highest BCUT2D eigenvalue weighted by molar-refractivity contribution is 5.98. The number of rotatable bonds is 13. The fourth-order valence-electron chi connectivity index (χ4n) is 2.55. The van der Waals surface area contributed by atoms with E-state index < -0.39 is 0 Å². The van der Waals surface area contributed by atoms with Gasteiger partial charge in [-0.15, -0.1) is 0 Å². The number of anilines is 2. The summed E-state index contributed by atoms with van der Waals surface area (Å²) in [5.74, 6) is 0.474. The second kappa shape index (κ2) is 12.9. The molecule has 2 aromatic heterocycles. The molecule has 0 bridgehead atoms. The number of hydrogen-bond acceptors (Lipinski definition) is 7. The summed E-state index contributed by atoms with van der Waals surface area (Å²) < 4.78 is 0. The van der Waals surface area contributed by atoms with Gasteiger partial charge in [0.15, 0.2) is 0 Å². The van der Waals surface area contributed by atoms with Gasteiger partial charge in [0, 0.05) is 44.8 Å². The van der Waals surface area contributed by atoms with E-state index in [1.54, 1.807) is 12.4 Å². The Labute approximate surface area is 176 Å². The molecule has 160 valence electrons. The monoisotopic (exact) mass is 411 g/mol. The van der Waals surface area contributed by atoms with Crippen molar-refractivity contribution in [2.24, 2.45) is 0 Å². The SMILES string of the molecule is C=CC(=O)NCCCNC(=O)c1cnc(NCCc2ccncc2)nc1NCCC. The maximum atomic E-state index is 12.5. The van der Waals surface area contributed by atoms with Gasteiger partial charge in [0.05, 0.1) is 0 Å². The van der Waals surface area contributed by atoms with Crippen LogP contribution in [-0.4, -0.2) is 52.9 Å². The first-order valence-electron chi connectivity index (χ1n) is 10.1. The van der Waals surface area contributed by atoms with Gasteiger partial charge in [0.2, 0.25) is 11.9 Å². The van der Waals surface area contributed by atoms with Gasteiger partial charge in [-0.25, -0.2) is 4.98 Å². The molecule has 4 N–H and O–H groups in total. The summed E-state index contributed by atoms with van der Waals surface area (Å²) in [7, 11) is 0. The Morgan fingerprint density at radius 2 is 1.83 bits per heavy atom. The summed E-state index contributed by atoms with van der Waals surface area (Å²) in [4.78, 5) is 36.4.